The van der Waals surface area contributed by atoms with E-state index >= 15 is 0 Å². The molecular weight excluding hydrogens is 274 g/mol. The fourth-order valence-corrected chi connectivity index (χ4v) is 2.74. The van der Waals surface area contributed by atoms with Crippen molar-refractivity contribution in [1.82, 2.24) is 0 Å². The lowest BCUT2D eigenvalue weighted by Gasteiger charge is -2.33. The summed E-state index contributed by atoms with van der Waals surface area (Å²) in [5.74, 6) is -2.30. The van der Waals surface area contributed by atoms with Crippen molar-refractivity contribution in [3.63, 3.8) is 0 Å². The summed E-state index contributed by atoms with van der Waals surface area (Å²) in [6.45, 7) is 3.67. The molecule has 0 bridgehead atoms. The average molecular weight is 289 g/mol. The third kappa shape index (κ3) is 2.89. The second-order valence-corrected chi connectivity index (χ2v) is 5.57. The molecule has 1 aliphatic rings. The van der Waals surface area contributed by atoms with E-state index in [1.165, 1.54) is 12.3 Å². The van der Waals surface area contributed by atoms with Gasteiger partial charge in [-0.2, -0.15) is 8.78 Å². The topological polar surface area (TPSA) is 30.2 Å². The SMILES string of the molecule is CC1=C(C)C[C@H](C(F)(F)Cl)[C@@H](C(=O)c2ccco2)C1. The third-order valence-electron chi connectivity index (χ3n) is 3.79. The lowest BCUT2D eigenvalue weighted by atomic mass is 9.74. The van der Waals surface area contributed by atoms with Crippen molar-refractivity contribution in [3.05, 3.63) is 35.3 Å². The van der Waals surface area contributed by atoms with Gasteiger partial charge in [0.25, 0.3) is 0 Å². The zero-order chi connectivity index (χ0) is 14.2. The molecule has 2 rings (SSSR count). The predicted octanol–water partition coefficient (Wildman–Crippen LogP) is 4.66. The summed E-state index contributed by atoms with van der Waals surface area (Å²) in [5, 5.41) is -3.39. The summed E-state index contributed by atoms with van der Waals surface area (Å²) < 4.78 is 32.1. The highest BCUT2D eigenvalue weighted by atomic mass is 35.5. The van der Waals surface area contributed by atoms with Crippen molar-refractivity contribution in [2.24, 2.45) is 11.8 Å². The highest BCUT2D eigenvalue weighted by Gasteiger charge is 2.47. The highest BCUT2D eigenvalue weighted by Crippen LogP contribution is 2.45. The summed E-state index contributed by atoms with van der Waals surface area (Å²) in [4.78, 5) is 12.3. The second kappa shape index (κ2) is 5.08. The number of rotatable bonds is 3. The molecule has 1 aromatic rings. The third-order valence-corrected chi connectivity index (χ3v) is 4.07. The fraction of sp³-hybridized carbons (Fsp3) is 0.500. The van der Waals surface area contributed by atoms with Crippen molar-refractivity contribution in [1.29, 1.82) is 0 Å². The molecule has 0 aromatic carbocycles. The van der Waals surface area contributed by atoms with Gasteiger partial charge >= 0.3 is 5.38 Å². The van der Waals surface area contributed by atoms with Crippen LogP contribution in [0.15, 0.2) is 34.0 Å². The predicted molar refractivity (Wildman–Crippen MR) is 68.4 cm³/mol. The molecule has 0 aliphatic heterocycles. The van der Waals surface area contributed by atoms with Crippen LogP contribution in [-0.2, 0) is 0 Å². The van der Waals surface area contributed by atoms with Crippen LogP contribution in [0.2, 0.25) is 0 Å². The van der Waals surface area contributed by atoms with Crippen LogP contribution in [0.25, 0.3) is 0 Å². The van der Waals surface area contributed by atoms with E-state index in [1.807, 2.05) is 6.92 Å². The van der Waals surface area contributed by atoms with Crippen LogP contribution in [-0.4, -0.2) is 11.2 Å². The van der Waals surface area contributed by atoms with Gasteiger partial charge in [-0.3, -0.25) is 4.79 Å². The summed E-state index contributed by atoms with van der Waals surface area (Å²) in [5.41, 5.74) is 1.86. The molecule has 1 aliphatic carbocycles. The van der Waals surface area contributed by atoms with Crippen molar-refractivity contribution in [2.75, 3.05) is 0 Å². The van der Waals surface area contributed by atoms with Gasteiger partial charge in [0.15, 0.2) is 5.76 Å². The molecule has 0 spiro atoms. The van der Waals surface area contributed by atoms with Crippen LogP contribution < -0.4 is 0 Å². The van der Waals surface area contributed by atoms with Crippen LogP contribution in [0.5, 0.6) is 0 Å². The van der Waals surface area contributed by atoms with E-state index < -0.39 is 23.0 Å². The van der Waals surface area contributed by atoms with E-state index in [2.05, 4.69) is 0 Å². The molecule has 5 heteroatoms. The Balaban J connectivity index is 2.33. The van der Waals surface area contributed by atoms with Gasteiger partial charge in [0.05, 0.1) is 12.2 Å². The molecule has 104 valence electrons. The number of alkyl halides is 3. The molecule has 0 radical (unpaired) electrons. The van der Waals surface area contributed by atoms with Crippen molar-refractivity contribution < 1.29 is 18.0 Å². The molecule has 0 saturated carbocycles. The first-order chi connectivity index (χ1) is 8.80. The van der Waals surface area contributed by atoms with Crippen LogP contribution in [0.4, 0.5) is 8.78 Å². The summed E-state index contributed by atoms with van der Waals surface area (Å²) in [6, 6.07) is 3.06. The monoisotopic (exact) mass is 288 g/mol. The Bertz CT molecular complexity index is 500. The van der Waals surface area contributed by atoms with Gasteiger partial charge in [0.2, 0.25) is 5.78 Å². The Morgan fingerprint density at radius 3 is 2.53 bits per heavy atom. The number of Topliss-reactive ketones (excluding diaryl/α,β-unsaturated/α-hetero) is 1. The number of ketones is 1. The van der Waals surface area contributed by atoms with Crippen molar-refractivity contribution in [2.45, 2.75) is 32.1 Å². The van der Waals surface area contributed by atoms with Crippen LogP contribution >= 0.6 is 11.6 Å². The molecule has 0 saturated heterocycles. The van der Waals surface area contributed by atoms with E-state index in [0.29, 0.717) is 6.42 Å². The molecule has 0 N–H and O–H groups in total. The second-order valence-electron chi connectivity index (χ2n) is 5.07. The molecular formula is C14H15ClF2O2. The quantitative estimate of drug-likeness (QED) is 0.460. The number of halogens is 3. The Kier molecular flexibility index (Phi) is 3.81. The molecule has 0 fully saturated rings. The number of carbonyl (C=O) groups excluding carboxylic acids is 1. The minimum Gasteiger partial charge on any atom is -0.461 e. The first-order valence-corrected chi connectivity index (χ1v) is 6.48. The molecule has 1 aromatic heterocycles. The Morgan fingerprint density at radius 1 is 1.37 bits per heavy atom. The van der Waals surface area contributed by atoms with E-state index in [-0.39, 0.29) is 12.2 Å². The Morgan fingerprint density at radius 2 is 2.00 bits per heavy atom. The molecule has 19 heavy (non-hydrogen) atoms. The lowest BCUT2D eigenvalue weighted by molar-refractivity contribution is -0.00207. The number of allylic oxidation sites excluding steroid dienone is 2. The van der Waals surface area contributed by atoms with E-state index in [9.17, 15) is 13.6 Å². The van der Waals surface area contributed by atoms with Gasteiger partial charge < -0.3 is 4.42 Å². The molecule has 0 amide bonds. The molecule has 0 unspecified atom stereocenters. The van der Waals surface area contributed by atoms with Gasteiger partial charge in [0, 0.05) is 5.92 Å². The zero-order valence-electron chi connectivity index (χ0n) is 10.8. The molecule has 1 heterocycles. The van der Waals surface area contributed by atoms with Crippen LogP contribution in [0.3, 0.4) is 0 Å². The number of hydrogen-bond donors (Lipinski definition) is 0. The van der Waals surface area contributed by atoms with Crippen LogP contribution in [0, 0.1) is 11.8 Å². The normalized spacial score (nSPS) is 24.7. The smallest absolute Gasteiger partial charge is 0.325 e. The number of furan rings is 1. The maximum atomic E-state index is 13.5. The van der Waals surface area contributed by atoms with E-state index in [1.54, 1.807) is 13.0 Å². The Hall–Kier alpha value is -1.16. The summed E-state index contributed by atoms with van der Waals surface area (Å²) in [7, 11) is 0. The number of hydrogen-bond acceptors (Lipinski definition) is 2. The van der Waals surface area contributed by atoms with Gasteiger partial charge in [-0.1, -0.05) is 11.1 Å². The maximum Gasteiger partial charge on any atom is 0.325 e. The summed E-state index contributed by atoms with van der Waals surface area (Å²) in [6.07, 6.45) is 1.80. The Labute approximate surface area is 115 Å². The molecule has 2 nitrogen and oxygen atoms in total. The van der Waals surface area contributed by atoms with Crippen LogP contribution in [0.1, 0.15) is 37.2 Å². The first-order valence-electron chi connectivity index (χ1n) is 6.10. The van der Waals surface area contributed by atoms with Crippen molar-refractivity contribution >= 4 is 17.4 Å². The van der Waals surface area contributed by atoms with Gasteiger partial charge in [-0.05, 0) is 50.4 Å². The minimum atomic E-state index is -3.39. The minimum absolute atomic E-state index is 0.114. The molecule has 2 atom stereocenters. The first kappa shape index (κ1) is 14.3. The number of carbonyl (C=O) groups is 1. The zero-order valence-corrected chi connectivity index (χ0v) is 11.5. The maximum absolute atomic E-state index is 13.5. The van der Waals surface area contributed by atoms with Gasteiger partial charge in [0.1, 0.15) is 0 Å². The fourth-order valence-electron chi connectivity index (χ4n) is 2.51. The van der Waals surface area contributed by atoms with E-state index in [0.717, 1.165) is 11.1 Å². The standard InChI is InChI=1S/C14H15ClF2O2/c1-8-6-10(13(18)12-4-3-5-19-12)11(7-9(8)2)14(15,16)17/h3-5,10-11H,6-7H2,1-2H3/t10-,11-/m0/s1. The van der Waals surface area contributed by atoms with Gasteiger partial charge in [-0.15, -0.1) is 0 Å². The lowest BCUT2D eigenvalue weighted by Crippen LogP contribution is -2.37. The summed E-state index contributed by atoms with van der Waals surface area (Å²) >= 11 is 5.19. The highest BCUT2D eigenvalue weighted by molar-refractivity contribution is 6.22. The average Bonchev–Trinajstić information content (AvgIpc) is 2.83. The van der Waals surface area contributed by atoms with E-state index in [4.69, 9.17) is 16.0 Å². The van der Waals surface area contributed by atoms with Crippen molar-refractivity contribution in [3.8, 4) is 0 Å². The largest absolute Gasteiger partial charge is 0.461 e. The van der Waals surface area contributed by atoms with Gasteiger partial charge in [-0.25, -0.2) is 0 Å².